The van der Waals surface area contributed by atoms with Crippen LogP contribution in [-0.2, 0) is 19.5 Å². The molecule has 0 bridgehead atoms. The predicted molar refractivity (Wildman–Crippen MR) is 92.7 cm³/mol. The predicted octanol–water partition coefficient (Wildman–Crippen LogP) is 2.30. The van der Waals surface area contributed by atoms with Gasteiger partial charge in [0.05, 0.1) is 12.1 Å². The van der Waals surface area contributed by atoms with Gasteiger partial charge in [-0.3, -0.25) is 9.47 Å². The summed E-state index contributed by atoms with van der Waals surface area (Å²) >= 11 is 11.8. The lowest BCUT2D eigenvalue weighted by Gasteiger charge is -2.34. The Labute approximate surface area is 154 Å². The van der Waals surface area contributed by atoms with Gasteiger partial charge in [0.2, 0.25) is 0 Å². The standard InChI is InChI=1S/C15H17Cl2N5O3/c1-15(23,9-21-7-13(22(24)25)19-14(21)17)8-20-5-4-11-10(6-20)2-3-12(16)18-11/h2-3,7,23H,4-6,8-9H2,1H3/t15-/m0/s1. The molecule has 0 unspecified atom stereocenters. The molecule has 0 radical (unpaired) electrons. The minimum absolute atomic E-state index is 0.0187. The summed E-state index contributed by atoms with van der Waals surface area (Å²) in [6, 6.07) is 3.70. The highest BCUT2D eigenvalue weighted by molar-refractivity contribution is 6.29. The van der Waals surface area contributed by atoms with E-state index >= 15 is 0 Å². The van der Waals surface area contributed by atoms with Gasteiger partial charge in [0.1, 0.15) is 11.3 Å². The molecule has 1 N–H and O–H groups in total. The van der Waals surface area contributed by atoms with Gasteiger partial charge >= 0.3 is 11.1 Å². The molecular weight excluding hydrogens is 369 g/mol. The van der Waals surface area contributed by atoms with Gasteiger partial charge in [0.25, 0.3) is 0 Å². The zero-order valence-corrected chi connectivity index (χ0v) is 15.0. The Hall–Kier alpha value is -1.74. The van der Waals surface area contributed by atoms with Crippen molar-refractivity contribution in [1.29, 1.82) is 0 Å². The molecule has 0 aromatic carbocycles. The molecule has 1 atom stereocenters. The fraction of sp³-hybridized carbons (Fsp3) is 0.467. The molecule has 3 rings (SSSR count). The van der Waals surface area contributed by atoms with Crippen LogP contribution in [-0.4, -0.2) is 48.2 Å². The fourth-order valence-electron chi connectivity index (χ4n) is 3.06. The van der Waals surface area contributed by atoms with Crippen molar-refractivity contribution < 1.29 is 10.0 Å². The Morgan fingerprint density at radius 1 is 1.36 bits per heavy atom. The van der Waals surface area contributed by atoms with Gasteiger partial charge in [-0.05, 0) is 40.1 Å². The first-order valence-electron chi connectivity index (χ1n) is 7.70. The third-order valence-corrected chi connectivity index (χ3v) is 4.58. The van der Waals surface area contributed by atoms with Gasteiger partial charge in [0, 0.05) is 31.7 Å². The van der Waals surface area contributed by atoms with Crippen LogP contribution in [0.15, 0.2) is 18.3 Å². The summed E-state index contributed by atoms with van der Waals surface area (Å²) in [4.78, 5) is 20.3. The van der Waals surface area contributed by atoms with Crippen LogP contribution < -0.4 is 0 Å². The summed E-state index contributed by atoms with van der Waals surface area (Å²) in [6.07, 6.45) is 1.98. The molecule has 2 aromatic heterocycles. The van der Waals surface area contributed by atoms with E-state index in [2.05, 4.69) is 14.9 Å². The average molecular weight is 386 g/mol. The highest BCUT2D eigenvalue weighted by Gasteiger charge is 2.30. The zero-order valence-electron chi connectivity index (χ0n) is 13.5. The van der Waals surface area contributed by atoms with Crippen molar-refractivity contribution >= 4 is 29.0 Å². The molecule has 1 aliphatic rings. The van der Waals surface area contributed by atoms with Crippen molar-refractivity contribution in [3.63, 3.8) is 0 Å². The maximum atomic E-state index is 10.8. The van der Waals surface area contributed by atoms with E-state index in [9.17, 15) is 15.2 Å². The molecule has 3 heterocycles. The SMILES string of the molecule is C[C@](O)(CN1CCc2nc(Cl)ccc2C1)Cn1cc([N+](=O)[O-])nc1Cl. The maximum Gasteiger partial charge on any atom is 0.383 e. The van der Waals surface area contributed by atoms with Crippen molar-refractivity contribution in [2.45, 2.75) is 32.0 Å². The van der Waals surface area contributed by atoms with Gasteiger partial charge in [-0.2, -0.15) is 0 Å². The Kier molecular flexibility index (Phi) is 4.97. The van der Waals surface area contributed by atoms with Crippen LogP contribution in [0, 0.1) is 10.1 Å². The third kappa shape index (κ3) is 4.27. The van der Waals surface area contributed by atoms with E-state index in [0.29, 0.717) is 18.2 Å². The van der Waals surface area contributed by atoms with E-state index in [-0.39, 0.29) is 17.6 Å². The number of fused-ring (bicyclic) bond motifs is 1. The summed E-state index contributed by atoms with van der Waals surface area (Å²) in [7, 11) is 0. The van der Waals surface area contributed by atoms with E-state index in [0.717, 1.165) is 24.2 Å². The number of aliphatic hydroxyl groups is 1. The Morgan fingerprint density at radius 3 is 2.80 bits per heavy atom. The Balaban J connectivity index is 1.67. The largest absolute Gasteiger partial charge is 0.387 e. The van der Waals surface area contributed by atoms with Crippen LogP contribution in [0.4, 0.5) is 5.82 Å². The van der Waals surface area contributed by atoms with Gasteiger partial charge in [-0.1, -0.05) is 17.7 Å². The summed E-state index contributed by atoms with van der Waals surface area (Å²) < 4.78 is 1.39. The minimum Gasteiger partial charge on any atom is -0.387 e. The molecule has 0 amide bonds. The molecule has 2 aromatic rings. The summed E-state index contributed by atoms with van der Waals surface area (Å²) in [6.45, 7) is 3.57. The lowest BCUT2D eigenvalue weighted by Crippen LogP contribution is -2.45. The summed E-state index contributed by atoms with van der Waals surface area (Å²) in [5.41, 5.74) is 0.940. The first-order valence-corrected chi connectivity index (χ1v) is 8.45. The number of nitrogens with zero attached hydrogens (tertiary/aromatic N) is 5. The second-order valence-electron chi connectivity index (χ2n) is 6.45. The van der Waals surface area contributed by atoms with Crippen molar-refractivity contribution in [3.8, 4) is 0 Å². The van der Waals surface area contributed by atoms with Crippen molar-refractivity contribution in [3.05, 3.63) is 50.1 Å². The summed E-state index contributed by atoms with van der Waals surface area (Å²) in [5, 5.41) is 22.0. The number of β-amino-alcohol motifs (C(OH)–C–C–N with tert-alkyl or cyclic N) is 1. The Bertz CT molecular complexity index is 808. The summed E-state index contributed by atoms with van der Waals surface area (Å²) in [5.74, 6) is -0.337. The highest BCUT2D eigenvalue weighted by Crippen LogP contribution is 2.23. The first-order chi connectivity index (χ1) is 11.7. The van der Waals surface area contributed by atoms with Crippen LogP contribution >= 0.6 is 23.2 Å². The van der Waals surface area contributed by atoms with E-state index in [4.69, 9.17) is 23.2 Å². The minimum atomic E-state index is -1.13. The lowest BCUT2D eigenvalue weighted by molar-refractivity contribution is -0.389. The van der Waals surface area contributed by atoms with Crippen LogP contribution in [0.2, 0.25) is 10.4 Å². The number of pyridine rings is 1. The van der Waals surface area contributed by atoms with E-state index in [1.54, 1.807) is 13.0 Å². The lowest BCUT2D eigenvalue weighted by atomic mass is 10.0. The normalized spacial score (nSPS) is 17.1. The molecule has 0 saturated carbocycles. The maximum absolute atomic E-state index is 10.8. The van der Waals surface area contributed by atoms with Gasteiger partial charge in [0.15, 0.2) is 0 Å². The molecule has 134 valence electrons. The molecular formula is C15H17Cl2N5O3. The quantitative estimate of drug-likeness (QED) is 0.481. The van der Waals surface area contributed by atoms with Gasteiger partial charge in [-0.25, -0.2) is 4.98 Å². The number of hydrogen-bond donors (Lipinski definition) is 1. The van der Waals surface area contributed by atoms with E-state index in [1.165, 1.54) is 10.8 Å². The topological polar surface area (TPSA) is 97.3 Å². The van der Waals surface area contributed by atoms with Crippen LogP contribution in [0.3, 0.4) is 0 Å². The highest BCUT2D eigenvalue weighted by atomic mass is 35.5. The van der Waals surface area contributed by atoms with Crippen molar-refractivity contribution in [2.75, 3.05) is 13.1 Å². The van der Waals surface area contributed by atoms with E-state index in [1.807, 2.05) is 6.07 Å². The monoisotopic (exact) mass is 385 g/mol. The number of nitro groups is 1. The number of aromatic nitrogens is 3. The Morgan fingerprint density at radius 2 is 2.12 bits per heavy atom. The van der Waals surface area contributed by atoms with Crippen LogP contribution in [0.5, 0.6) is 0 Å². The van der Waals surface area contributed by atoms with Gasteiger partial charge in [-0.15, -0.1) is 0 Å². The van der Waals surface area contributed by atoms with E-state index < -0.39 is 10.5 Å². The third-order valence-electron chi connectivity index (χ3n) is 4.07. The number of imidazole rings is 1. The second kappa shape index (κ2) is 6.87. The molecule has 10 heteroatoms. The average Bonchev–Trinajstić information content (AvgIpc) is 2.87. The first kappa shape index (κ1) is 18.1. The number of hydrogen-bond acceptors (Lipinski definition) is 6. The molecule has 0 aliphatic carbocycles. The number of rotatable bonds is 5. The van der Waals surface area contributed by atoms with Crippen LogP contribution in [0.25, 0.3) is 0 Å². The molecule has 25 heavy (non-hydrogen) atoms. The van der Waals surface area contributed by atoms with Crippen LogP contribution in [0.1, 0.15) is 18.2 Å². The smallest absolute Gasteiger partial charge is 0.383 e. The molecule has 1 aliphatic heterocycles. The zero-order chi connectivity index (χ0) is 18.2. The fourth-order valence-corrected chi connectivity index (χ4v) is 3.42. The second-order valence-corrected chi connectivity index (χ2v) is 7.18. The number of halogens is 2. The van der Waals surface area contributed by atoms with Crippen molar-refractivity contribution in [2.24, 2.45) is 0 Å². The molecule has 0 spiro atoms. The molecule has 0 fully saturated rings. The van der Waals surface area contributed by atoms with Crippen molar-refractivity contribution in [1.82, 2.24) is 19.4 Å². The van der Waals surface area contributed by atoms with Gasteiger partial charge < -0.3 is 15.2 Å². The molecule has 8 nitrogen and oxygen atoms in total. The molecule has 0 saturated heterocycles.